The molecule has 2 aromatic rings. The van der Waals surface area contributed by atoms with E-state index in [-0.39, 0.29) is 5.41 Å². The van der Waals surface area contributed by atoms with Crippen LogP contribution in [0.15, 0.2) is 40.7 Å². The van der Waals surface area contributed by atoms with Crippen LogP contribution in [0.25, 0.3) is 0 Å². The van der Waals surface area contributed by atoms with Gasteiger partial charge in [-0.2, -0.15) is 0 Å². The molecular formula is C19H26N4S. The fraction of sp³-hybridized carbons (Fsp3) is 0.474. The SMILES string of the molecule is CCNC(=NCC1(c2ccccc2)CC1)N(C)Cc1csc(C)n1. The Morgan fingerprint density at radius 1 is 1.33 bits per heavy atom. The molecule has 1 aliphatic rings. The summed E-state index contributed by atoms with van der Waals surface area (Å²) >= 11 is 1.70. The van der Waals surface area contributed by atoms with E-state index in [0.717, 1.165) is 36.3 Å². The second-order valence-electron chi connectivity index (χ2n) is 6.53. The lowest BCUT2D eigenvalue weighted by atomic mass is 9.96. The molecule has 1 N–H and O–H groups in total. The summed E-state index contributed by atoms with van der Waals surface area (Å²) < 4.78 is 0. The number of guanidine groups is 1. The standard InChI is InChI=1S/C19H26N4S/c1-4-20-18(23(3)12-17-13-24-15(2)22-17)21-14-19(10-11-19)16-8-6-5-7-9-16/h5-9,13H,4,10-12,14H2,1-3H3,(H,20,21). The van der Waals surface area contributed by atoms with Gasteiger partial charge in [0.05, 0.1) is 23.8 Å². The van der Waals surface area contributed by atoms with Crippen LogP contribution >= 0.6 is 11.3 Å². The van der Waals surface area contributed by atoms with Crippen LogP contribution in [-0.2, 0) is 12.0 Å². The molecule has 0 bridgehead atoms. The fourth-order valence-corrected chi connectivity index (χ4v) is 3.58. The van der Waals surface area contributed by atoms with Gasteiger partial charge in [-0.05, 0) is 32.3 Å². The largest absolute Gasteiger partial charge is 0.357 e. The molecule has 0 unspecified atom stereocenters. The normalized spacial score (nSPS) is 16.0. The third kappa shape index (κ3) is 3.96. The van der Waals surface area contributed by atoms with Gasteiger partial charge >= 0.3 is 0 Å². The summed E-state index contributed by atoms with van der Waals surface area (Å²) in [4.78, 5) is 11.7. The van der Waals surface area contributed by atoms with Gasteiger partial charge in [-0.3, -0.25) is 4.99 Å². The van der Waals surface area contributed by atoms with Gasteiger partial charge in [-0.15, -0.1) is 11.3 Å². The van der Waals surface area contributed by atoms with Crippen LogP contribution in [0.2, 0.25) is 0 Å². The number of hydrogen-bond acceptors (Lipinski definition) is 3. The molecule has 1 fully saturated rings. The molecule has 128 valence electrons. The molecule has 0 radical (unpaired) electrons. The van der Waals surface area contributed by atoms with E-state index in [1.807, 2.05) is 6.92 Å². The zero-order valence-electron chi connectivity index (χ0n) is 14.7. The van der Waals surface area contributed by atoms with Crippen LogP contribution in [0.1, 0.15) is 36.0 Å². The summed E-state index contributed by atoms with van der Waals surface area (Å²) in [7, 11) is 2.08. The highest BCUT2D eigenvalue weighted by Gasteiger charge is 2.44. The highest BCUT2D eigenvalue weighted by molar-refractivity contribution is 7.09. The quantitative estimate of drug-likeness (QED) is 0.644. The van der Waals surface area contributed by atoms with Gasteiger partial charge in [0.15, 0.2) is 5.96 Å². The maximum atomic E-state index is 4.93. The summed E-state index contributed by atoms with van der Waals surface area (Å²) in [6.45, 7) is 6.66. The van der Waals surface area contributed by atoms with E-state index in [0.29, 0.717) is 0 Å². The number of aryl methyl sites for hydroxylation is 1. The Morgan fingerprint density at radius 2 is 2.08 bits per heavy atom. The lowest BCUT2D eigenvalue weighted by Crippen LogP contribution is -2.39. The first-order valence-corrected chi connectivity index (χ1v) is 9.47. The summed E-state index contributed by atoms with van der Waals surface area (Å²) in [6.07, 6.45) is 2.46. The highest BCUT2D eigenvalue weighted by Crippen LogP contribution is 2.48. The van der Waals surface area contributed by atoms with Gasteiger partial charge in [0.2, 0.25) is 0 Å². The maximum Gasteiger partial charge on any atom is 0.194 e. The number of nitrogens with zero attached hydrogens (tertiary/aromatic N) is 3. The van der Waals surface area contributed by atoms with Crippen molar-refractivity contribution in [1.82, 2.24) is 15.2 Å². The molecule has 1 heterocycles. The Morgan fingerprint density at radius 3 is 2.67 bits per heavy atom. The lowest BCUT2D eigenvalue weighted by molar-refractivity contribution is 0.469. The molecule has 0 saturated heterocycles. The van der Waals surface area contributed by atoms with E-state index >= 15 is 0 Å². The lowest BCUT2D eigenvalue weighted by Gasteiger charge is -2.22. The van der Waals surface area contributed by atoms with Crippen LogP contribution in [-0.4, -0.2) is 36.0 Å². The van der Waals surface area contributed by atoms with Crippen molar-refractivity contribution >= 4 is 17.3 Å². The van der Waals surface area contributed by atoms with Gasteiger partial charge in [0.25, 0.3) is 0 Å². The van der Waals surface area contributed by atoms with Crippen molar-refractivity contribution < 1.29 is 0 Å². The molecule has 0 spiro atoms. The Kier molecular flexibility index (Phi) is 5.19. The smallest absolute Gasteiger partial charge is 0.194 e. The Labute approximate surface area is 148 Å². The minimum Gasteiger partial charge on any atom is -0.357 e. The number of aliphatic imine (C=N–C) groups is 1. The van der Waals surface area contributed by atoms with Crippen molar-refractivity contribution in [2.24, 2.45) is 4.99 Å². The number of benzene rings is 1. The third-order valence-corrected chi connectivity index (χ3v) is 5.36. The molecule has 3 rings (SSSR count). The molecular weight excluding hydrogens is 316 g/mol. The predicted molar refractivity (Wildman–Crippen MR) is 102 cm³/mol. The third-order valence-electron chi connectivity index (χ3n) is 4.53. The van der Waals surface area contributed by atoms with Crippen molar-refractivity contribution in [3.8, 4) is 0 Å². The second-order valence-corrected chi connectivity index (χ2v) is 7.59. The zero-order valence-corrected chi connectivity index (χ0v) is 15.6. The number of nitrogens with one attached hydrogen (secondary N) is 1. The average Bonchev–Trinajstić information content (AvgIpc) is 3.28. The van der Waals surface area contributed by atoms with E-state index < -0.39 is 0 Å². The minimum atomic E-state index is 0.250. The molecule has 1 aromatic heterocycles. The molecule has 0 aliphatic heterocycles. The van der Waals surface area contributed by atoms with Gasteiger partial charge in [0.1, 0.15) is 0 Å². The number of rotatable bonds is 6. The van der Waals surface area contributed by atoms with Gasteiger partial charge in [-0.25, -0.2) is 4.98 Å². The van der Waals surface area contributed by atoms with Crippen molar-refractivity contribution in [2.75, 3.05) is 20.1 Å². The van der Waals surface area contributed by atoms with E-state index in [4.69, 9.17) is 4.99 Å². The van der Waals surface area contributed by atoms with E-state index in [1.165, 1.54) is 18.4 Å². The Balaban J connectivity index is 1.69. The number of hydrogen-bond donors (Lipinski definition) is 1. The first-order chi connectivity index (χ1) is 11.6. The van der Waals surface area contributed by atoms with E-state index in [9.17, 15) is 0 Å². The molecule has 1 aliphatic carbocycles. The zero-order chi connectivity index (χ0) is 17.0. The van der Waals surface area contributed by atoms with E-state index in [1.54, 1.807) is 11.3 Å². The number of thiazole rings is 1. The summed E-state index contributed by atoms with van der Waals surface area (Å²) in [6, 6.07) is 10.8. The molecule has 24 heavy (non-hydrogen) atoms. The van der Waals surface area contributed by atoms with Crippen LogP contribution in [0.3, 0.4) is 0 Å². The molecule has 0 atom stereocenters. The molecule has 5 heteroatoms. The van der Waals surface area contributed by atoms with Crippen LogP contribution in [0.5, 0.6) is 0 Å². The van der Waals surface area contributed by atoms with Crippen molar-refractivity contribution in [3.05, 3.63) is 52.0 Å². The molecule has 0 amide bonds. The van der Waals surface area contributed by atoms with Crippen molar-refractivity contribution in [1.29, 1.82) is 0 Å². The van der Waals surface area contributed by atoms with Gasteiger partial charge < -0.3 is 10.2 Å². The summed E-state index contributed by atoms with van der Waals surface area (Å²) in [5.74, 6) is 0.963. The average molecular weight is 343 g/mol. The first kappa shape index (κ1) is 17.0. The fourth-order valence-electron chi connectivity index (χ4n) is 2.98. The monoisotopic (exact) mass is 342 g/mol. The Hall–Kier alpha value is -1.88. The maximum absolute atomic E-state index is 4.93. The molecule has 1 saturated carbocycles. The van der Waals surface area contributed by atoms with Crippen LogP contribution in [0.4, 0.5) is 0 Å². The van der Waals surface area contributed by atoms with E-state index in [2.05, 4.69) is 64.9 Å². The van der Waals surface area contributed by atoms with Gasteiger partial charge in [-0.1, -0.05) is 30.3 Å². The van der Waals surface area contributed by atoms with Crippen LogP contribution < -0.4 is 5.32 Å². The van der Waals surface area contributed by atoms with Crippen molar-refractivity contribution in [2.45, 2.75) is 38.6 Å². The minimum absolute atomic E-state index is 0.250. The second kappa shape index (κ2) is 7.34. The Bertz CT molecular complexity index is 688. The van der Waals surface area contributed by atoms with Crippen molar-refractivity contribution in [3.63, 3.8) is 0 Å². The topological polar surface area (TPSA) is 40.5 Å². The van der Waals surface area contributed by atoms with Crippen LogP contribution in [0, 0.1) is 6.92 Å². The summed E-state index contributed by atoms with van der Waals surface area (Å²) in [5, 5.41) is 6.65. The number of aromatic nitrogens is 1. The van der Waals surface area contributed by atoms with Gasteiger partial charge in [0, 0.05) is 24.4 Å². The molecule has 4 nitrogen and oxygen atoms in total. The molecule has 1 aromatic carbocycles. The highest BCUT2D eigenvalue weighted by atomic mass is 32.1. The summed E-state index contributed by atoms with van der Waals surface area (Å²) in [5.41, 5.74) is 2.78. The first-order valence-electron chi connectivity index (χ1n) is 8.59. The predicted octanol–water partition coefficient (Wildman–Crippen LogP) is 3.58.